The van der Waals surface area contributed by atoms with E-state index in [9.17, 15) is 9.59 Å². The van der Waals surface area contributed by atoms with Gasteiger partial charge in [0.05, 0.1) is 0 Å². The molecule has 1 saturated heterocycles. The highest BCUT2D eigenvalue weighted by molar-refractivity contribution is 6.03. The van der Waals surface area contributed by atoms with E-state index in [1.807, 2.05) is 49.4 Å². The van der Waals surface area contributed by atoms with Crippen LogP contribution in [0, 0.1) is 6.92 Å². The van der Waals surface area contributed by atoms with Crippen molar-refractivity contribution in [3.8, 4) is 0 Å². The van der Waals surface area contributed by atoms with E-state index in [4.69, 9.17) is 0 Å². The standard InChI is InChI=1S/C23H27N3O2/c1-19-9-11-21(12-10-19)24-22(27)18-23(28)26-16-14-25(15-17-26)13-5-8-20-6-3-2-4-7-20/h2-12H,13-18H2,1H3,(H,24,27)/b8-5+. The summed E-state index contributed by atoms with van der Waals surface area (Å²) in [4.78, 5) is 28.6. The third-order valence-corrected chi connectivity index (χ3v) is 4.85. The van der Waals surface area contributed by atoms with E-state index in [0.717, 1.165) is 30.9 Å². The van der Waals surface area contributed by atoms with Crippen LogP contribution in [-0.4, -0.2) is 54.3 Å². The topological polar surface area (TPSA) is 52.7 Å². The average molecular weight is 377 g/mol. The Hall–Kier alpha value is -2.92. The van der Waals surface area contributed by atoms with Gasteiger partial charge in [0.1, 0.15) is 6.42 Å². The number of hydrogen-bond acceptors (Lipinski definition) is 3. The number of benzene rings is 2. The number of hydrogen-bond donors (Lipinski definition) is 1. The SMILES string of the molecule is Cc1ccc(NC(=O)CC(=O)N2CCN(C/C=C/c3ccccc3)CC2)cc1. The average Bonchev–Trinajstić information content (AvgIpc) is 2.71. The maximum Gasteiger partial charge on any atom is 0.233 e. The molecule has 0 aromatic heterocycles. The van der Waals surface area contributed by atoms with Gasteiger partial charge in [0.2, 0.25) is 11.8 Å². The molecule has 3 rings (SSSR count). The van der Waals surface area contributed by atoms with Crippen LogP contribution >= 0.6 is 0 Å². The van der Waals surface area contributed by atoms with Crippen molar-refractivity contribution in [1.29, 1.82) is 0 Å². The van der Waals surface area contributed by atoms with Gasteiger partial charge in [-0.25, -0.2) is 0 Å². The Morgan fingerprint density at radius 1 is 0.964 bits per heavy atom. The van der Waals surface area contributed by atoms with Gasteiger partial charge in [0, 0.05) is 38.4 Å². The minimum atomic E-state index is -0.262. The first-order chi connectivity index (χ1) is 13.6. The van der Waals surface area contributed by atoms with Gasteiger partial charge in [-0.2, -0.15) is 0 Å². The highest BCUT2D eigenvalue weighted by atomic mass is 16.2. The molecule has 2 amide bonds. The summed E-state index contributed by atoms with van der Waals surface area (Å²) in [6.45, 7) is 5.83. The first-order valence-electron chi connectivity index (χ1n) is 9.68. The fourth-order valence-electron chi connectivity index (χ4n) is 3.17. The van der Waals surface area contributed by atoms with Crippen molar-refractivity contribution in [3.05, 3.63) is 71.8 Å². The van der Waals surface area contributed by atoms with Crippen molar-refractivity contribution in [2.24, 2.45) is 0 Å². The molecule has 2 aromatic carbocycles. The second kappa shape index (κ2) is 9.85. The summed E-state index contributed by atoms with van der Waals surface area (Å²) < 4.78 is 0. The summed E-state index contributed by atoms with van der Waals surface area (Å²) in [5.74, 6) is -0.369. The zero-order valence-electron chi connectivity index (χ0n) is 16.3. The second-order valence-corrected chi connectivity index (χ2v) is 7.09. The highest BCUT2D eigenvalue weighted by Crippen LogP contribution is 2.10. The molecule has 1 N–H and O–H groups in total. The highest BCUT2D eigenvalue weighted by Gasteiger charge is 2.22. The lowest BCUT2D eigenvalue weighted by Gasteiger charge is -2.34. The monoisotopic (exact) mass is 377 g/mol. The van der Waals surface area contributed by atoms with Gasteiger partial charge in [-0.05, 0) is 24.6 Å². The molecule has 1 fully saturated rings. The van der Waals surface area contributed by atoms with Crippen LogP contribution in [0.3, 0.4) is 0 Å². The number of rotatable bonds is 6. The molecule has 0 unspecified atom stereocenters. The molecule has 0 spiro atoms. The van der Waals surface area contributed by atoms with Crippen LogP contribution in [-0.2, 0) is 9.59 Å². The molecule has 146 valence electrons. The molecular formula is C23H27N3O2. The summed E-state index contributed by atoms with van der Waals surface area (Å²) in [5.41, 5.74) is 3.04. The maximum atomic E-state index is 12.4. The molecular weight excluding hydrogens is 350 g/mol. The predicted molar refractivity (Wildman–Crippen MR) is 113 cm³/mol. The van der Waals surface area contributed by atoms with Crippen LogP contribution in [0.2, 0.25) is 0 Å². The van der Waals surface area contributed by atoms with Crippen LogP contribution in [0.4, 0.5) is 5.69 Å². The van der Waals surface area contributed by atoms with Gasteiger partial charge in [-0.15, -0.1) is 0 Å². The summed E-state index contributed by atoms with van der Waals surface area (Å²) in [7, 11) is 0. The number of carbonyl (C=O) groups is 2. The number of piperazine rings is 1. The number of carbonyl (C=O) groups excluding carboxylic acids is 2. The van der Waals surface area contributed by atoms with Crippen LogP contribution in [0.1, 0.15) is 17.5 Å². The van der Waals surface area contributed by atoms with E-state index in [-0.39, 0.29) is 18.2 Å². The maximum absolute atomic E-state index is 12.4. The van der Waals surface area contributed by atoms with E-state index in [1.54, 1.807) is 4.90 Å². The van der Waals surface area contributed by atoms with Crippen molar-refractivity contribution >= 4 is 23.6 Å². The smallest absolute Gasteiger partial charge is 0.233 e. The van der Waals surface area contributed by atoms with Gasteiger partial charge in [0.25, 0.3) is 0 Å². The Morgan fingerprint density at radius 3 is 2.32 bits per heavy atom. The molecule has 0 aliphatic carbocycles. The van der Waals surface area contributed by atoms with E-state index in [1.165, 1.54) is 5.56 Å². The van der Waals surface area contributed by atoms with Crippen LogP contribution in [0.5, 0.6) is 0 Å². The van der Waals surface area contributed by atoms with Crippen molar-refractivity contribution < 1.29 is 9.59 Å². The third-order valence-electron chi connectivity index (χ3n) is 4.85. The Bertz CT molecular complexity index is 808. The molecule has 1 aliphatic heterocycles. The molecule has 0 bridgehead atoms. The minimum Gasteiger partial charge on any atom is -0.340 e. The Balaban J connectivity index is 1.39. The lowest BCUT2D eigenvalue weighted by atomic mass is 10.2. The van der Waals surface area contributed by atoms with Gasteiger partial charge in [-0.3, -0.25) is 14.5 Å². The largest absolute Gasteiger partial charge is 0.340 e. The first-order valence-corrected chi connectivity index (χ1v) is 9.68. The molecule has 1 heterocycles. The molecule has 2 aromatic rings. The lowest BCUT2D eigenvalue weighted by molar-refractivity contribution is -0.136. The van der Waals surface area contributed by atoms with E-state index >= 15 is 0 Å². The molecule has 28 heavy (non-hydrogen) atoms. The molecule has 5 heteroatoms. The third kappa shape index (κ3) is 6.06. The lowest BCUT2D eigenvalue weighted by Crippen LogP contribution is -2.49. The second-order valence-electron chi connectivity index (χ2n) is 7.09. The molecule has 0 radical (unpaired) electrons. The summed E-state index contributed by atoms with van der Waals surface area (Å²) in [6.07, 6.45) is 4.16. The summed E-state index contributed by atoms with van der Waals surface area (Å²) in [6, 6.07) is 17.8. The number of anilines is 1. The van der Waals surface area contributed by atoms with Gasteiger partial charge < -0.3 is 10.2 Å². The molecule has 0 saturated carbocycles. The van der Waals surface area contributed by atoms with Crippen LogP contribution < -0.4 is 5.32 Å². The van der Waals surface area contributed by atoms with Gasteiger partial charge in [0.15, 0.2) is 0 Å². The number of nitrogens with zero attached hydrogens (tertiary/aromatic N) is 2. The normalized spacial score (nSPS) is 15.0. The quantitative estimate of drug-likeness (QED) is 0.787. The first kappa shape index (κ1) is 19.8. The van der Waals surface area contributed by atoms with E-state index < -0.39 is 0 Å². The van der Waals surface area contributed by atoms with Gasteiger partial charge in [-0.1, -0.05) is 60.2 Å². The van der Waals surface area contributed by atoms with Gasteiger partial charge >= 0.3 is 0 Å². The molecule has 5 nitrogen and oxygen atoms in total. The molecule has 0 atom stereocenters. The van der Waals surface area contributed by atoms with E-state index in [2.05, 4.69) is 34.5 Å². The van der Waals surface area contributed by atoms with Crippen LogP contribution in [0.25, 0.3) is 6.08 Å². The fraction of sp³-hybridized carbons (Fsp3) is 0.304. The summed E-state index contributed by atoms with van der Waals surface area (Å²) >= 11 is 0. The number of nitrogens with one attached hydrogen (secondary N) is 1. The van der Waals surface area contributed by atoms with Crippen molar-refractivity contribution in [1.82, 2.24) is 9.80 Å². The zero-order valence-corrected chi connectivity index (χ0v) is 16.3. The van der Waals surface area contributed by atoms with Crippen molar-refractivity contribution in [2.75, 3.05) is 38.0 Å². The Kier molecular flexibility index (Phi) is 6.98. The van der Waals surface area contributed by atoms with Crippen LogP contribution in [0.15, 0.2) is 60.7 Å². The Labute approximate surface area is 166 Å². The Morgan fingerprint density at radius 2 is 1.64 bits per heavy atom. The van der Waals surface area contributed by atoms with Crippen molar-refractivity contribution in [3.63, 3.8) is 0 Å². The minimum absolute atomic E-state index is 0.107. The van der Waals surface area contributed by atoms with E-state index in [0.29, 0.717) is 13.1 Å². The number of aryl methyl sites for hydroxylation is 1. The number of amides is 2. The predicted octanol–water partition coefficient (Wildman–Crippen LogP) is 3.18. The fourth-order valence-corrected chi connectivity index (χ4v) is 3.17. The van der Waals surface area contributed by atoms with Crippen molar-refractivity contribution in [2.45, 2.75) is 13.3 Å². The molecule has 1 aliphatic rings. The zero-order chi connectivity index (χ0) is 19.8. The summed E-state index contributed by atoms with van der Waals surface area (Å²) in [5, 5.41) is 2.79.